The van der Waals surface area contributed by atoms with Gasteiger partial charge in [0.1, 0.15) is 11.4 Å². The van der Waals surface area contributed by atoms with Crippen molar-refractivity contribution in [1.82, 2.24) is 0 Å². The quantitative estimate of drug-likeness (QED) is 0.443. The molecule has 0 aliphatic carbocycles. The Morgan fingerprint density at radius 1 is 1.20 bits per heavy atom. The van der Waals surface area contributed by atoms with Gasteiger partial charge in [-0.2, -0.15) is 0 Å². The number of hydrogen-bond acceptors (Lipinski definition) is 3. The van der Waals surface area contributed by atoms with Gasteiger partial charge in [-0.15, -0.1) is 0 Å². The van der Waals surface area contributed by atoms with Crippen LogP contribution in [-0.4, -0.2) is 18.2 Å². The van der Waals surface area contributed by atoms with E-state index < -0.39 is 0 Å². The van der Waals surface area contributed by atoms with Crippen LogP contribution in [-0.2, 0) is 9.53 Å². The number of benzene rings is 1. The topological polar surface area (TPSA) is 35.5 Å². The lowest BCUT2D eigenvalue weighted by molar-refractivity contribution is -0.137. The molecule has 1 rings (SSSR count). The van der Waals surface area contributed by atoms with Gasteiger partial charge < -0.3 is 9.47 Å². The van der Waals surface area contributed by atoms with Crippen LogP contribution in [0, 0.1) is 0 Å². The number of unbranched alkanes of at least 4 members (excludes halogenated alkanes) is 1. The highest BCUT2D eigenvalue weighted by molar-refractivity contribution is 5.87. The zero-order valence-corrected chi connectivity index (χ0v) is 12.8. The van der Waals surface area contributed by atoms with Gasteiger partial charge in [-0.25, -0.2) is 4.79 Å². The summed E-state index contributed by atoms with van der Waals surface area (Å²) in [6.45, 7) is 8.57. The van der Waals surface area contributed by atoms with Crippen LogP contribution in [0.3, 0.4) is 0 Å². The average molecular weight is 276 g/mol. The molecule has 0 spiro atoms. The number of carbonyl (C=O) groups is 1. The minimum absolute atomic E-state index is 0.208. The molecule has 0 saturated heterocycles. The Morgan fingerprint density at radius 3 is 2.40 bits per heavy atom. The van der Waals surface area contributed by atoms with E-state index in [-0.39, 0.29) is 11.6 Å². The molecule has 1 aromatic rings. The minimum Gasteiger partial charge on any atom is -0.488 e. The first kappa shape index (κ1) is 16.3. The first-order valence-corrected chi connectivity index (χ1v) is 7.04. The Morgan fingerprint density at radius 2 is 1.85 bits per heavy atom. The second-order valence-corrected chi connectivity index (χ2v) is 5.64. The molecule has 0 aliphatic rings. The predicted molar refractivity (Wildman–Crippen MR) is 81.7 cm³/mol. The van der Waals surface area contributed by atoms with E-state index in [2.05, 4.69) is 6.92 Å². The van der Waals surface area contributed by atoms with E-state index in [0.717, 1.165) is 24.2 Å². The summed E-state index contributed by atoms with van der Waals surface area (Å²) in [6.07, 6.45) is 5.12. The van der Waals surface area contributed by atoms with Gasteiger partial charge in [-0.1, -0.05) is 25.5 Å². The molecule has 110 valence electrons. The largest absolute Gasteiger partial charge is 0.488 e. The fourth-order valence-electron chi connectivity index (χ4n) is 1.53. The van der Waals surface area contributed by atoms with E-state index in [1.807, 2.05) is 45.0 Å². The van der Waals surface area contributed by atoms with Crippen molar-refractivity contribution in [3.8, 4) is 5.75 Å². The third-order valence-corrected chi connectivity index (χ3v) is 2.46. The smallest absolute Gasteiger partial charge is 0.330 e. The van der Waals surface area contributed by atoms with E-state index >= 15 is 0 Å². The molecule has 0 aromatic heterocycles. The van der Waals surface area contributed by atoms with Crippen LogP contribution in [0.4, 0.5) is 0 Å². The van der Waals surface area contributed by atoms with Crippen molar-refractivity contribution in [3.05, 3.63) is 35.9 Å². The molecule has 3 nitrogen and oxygen atoms in total. The summed E-state index contributed by atoms with van der Waals surface area (Å²) in [5.74, 6) is 0.522. The maximum atomic E-state index is 11.4. The molecule has 0 unspecified atom stereocenters. The molecule has 0 aliphatic heterocycles. The molecule has 1 aromatic carbocycles. The van der Waals surface area contributed by atoms with Crippen molar-refractivity contribution in [2.24, 2.45) is 0 Å². The molecule has 0 fully saturated rings. The van der Waals surface area contributed by atoms with E-state index in [0.29, 0.717) is 6.61 Å². The predicted octanol–water partition coefficient (Wildman–Crippen LogP) is 4.22. The molecule has 0 amide bonds. The lowest BCUT2D eigenvalue weighted by Gasteiger charge is -2.21. The Kier molecular flexibility index (Phi) is 6.29. The van der Waals surface area contributed by atoms with Crippen LogP contribution in [0.15, 0.2) is 30.3 Å². The van der Waals surface area contributed by atoms with Crippen molar-refractivity contribution in [2.75, 3.05) is 6.61 Å². The number of hydrogen-bond donors (Lipinski definition) is 0. The van der Waals surface area contributed by atoms with Gasteiger partial charge in [0.25, 0.3) is 0 Å². The highest BCUT2D eigenvalue weighted by atomic mass is 16.5. The Hall–Kier alpha value is -1.77. The first-order valence-electron chi connectivity index (χ1n) is 7.04. The van der Waals surface area contributed by atoms with Gasteiger partial charge in [0.15, 0.2) is 0 Å². The zero-order chi connectivity index (χ0) is 15.0. The average Bonchev–Trinajstić information content (AvgIpc) is 2.36. The third-order valence-electron chi connectivity index (χ3n) is 2.46. The van der Waals surface area contributed by atoms with Crippen LogP contribution in [0.2, 0.25) is 0 Å². The fourth-order valence-corrected chi connectivity index (χ4v) is 1.53. The van der Waals surface area contributed by atoms with Gasteiger partial charge in [-0.05, 0) is 51.0 Å². The highest BCUT2D eigenvalue weighted by Gasteiger charge is 2.10. The monoisotopic (exact) mass is 276 g/mol. The van der Waals surface area contributed by atoms with Crippen LogP contribution >= 0.6 is 0 Å². The number of esters is 1. The van der Waals surface area contributed by atoms with E-state index in [1.165, 1.54) is 6.08 Å². The van der Waals surface area contributed by atoms with Crippen molar-refractivity contribution >= 4 is 12.0 Å². The lowest BCUT2D eigenvalue weighted by atomic mass is 10.1. The minimum atomic E-state index is -0.298. The van der Waals surface area contributed by atoms with E-state index in [1.54, 1.807) is 6.08 Å². The second-order valence-electron chi connectivity index (χ2n) is 5.64. The molecule has 0 heterocycles. The van der Waals surface area contributed by atoms with Gasteiger partial charge in [0.2, 0.25) is 0 Å². The standard InChI is InChI=1S/C17H24O3/c1-5-6-13-19-16(18)12-9-14-7-10-15(11-8-14)20-17(2,3)4/h7-12H,5-6,13H2,1-4H3/b12-9+. The van der Waals surface area contributed by atoms with Gasteiger partial charge in [0, 0.05) is 6.08 Å². The molecular weight excluding hydrogens is 252 g/mol. The summed E-state index contributed by atoms with van der Waals surface area (Å²) in [4.78, 5) is 11.4. The number of rotatable bonds is 6. The van der Waals surface area contributed by atoms with E-state index in [4.69, 9.17) is 9.47 Å². The van der Waals surface area contributed by atoms with Crippen LogP contribution in [0.5, 0.6) is 5.75 Å². The fraction of sp³-hybridized carbons (Fsp3) is 0.471. The summed E-state index contributed by atoms with van der Waals surface area (Å²) >= 11 is 0. The molecule has 3 heteroatoms. The second kappa shape index (κ2) is 7.73. The molecule has 0 bridgehead atoms. The van der Waals surface area contributed by atoms with Crippen molar-refractivity contribution in [1.29, 1.82) is 0 Å². The Labute approximate surface area is 121 Å². The zero-order valence-electron chi connectivity index (χ0n) is 12.8. The molecule has 0 saturated carbocycles. The first-order chi connectivity index (χ1) is 9.40. The van der Waals surface area contributed by atoms with Crippen LogP contribution < -0.4 is 4.74 Å². The van der Waals surface area contributed by atoms with Crippen molar-refractivity contribution in [3.63, 3.8) is 0 Å². The summed E-state index contributed by atoms with van der Waals surface area (Å²) in [6, 6.07) is 7.62. The van der Waals surface area contributed by atoms with Crippen LogP contribution in [0.1, 0.15) is 46.1 Å². The summed E-state index contributed by atoms with van der Waals surface area (Å²) in [5, 5.41) is 0. The Bertz CT molecular complexity index is 438. The molecular formula is C17H24O3. The number of ether oxygens (including phenoxy) is 2. The molecule has 0 radical (unpaired) electrons. The Balaban J connectivity index is 2.50. The SMILES string of the molecule is CCCCOC(=O)/C=C/c1ccc(OC(C)(C)C)cc1. The number of carbonyl (C=O) groups excluding carboxylic acids is 1. The van der Waals surface area contributed by atoms with Crippen molar-refractivity contribution in [2.45, 2.75) is 46.1 Å². The molecule has 0 N–H and O–H groups in total. The maximum Gasteiger partial charge on any atom is 0.330 e. The maximum absolute atomic E-state index is 11.4. The molecule has 0 atom stereocenters. The van der Waals surface area contributed by atoms with Gasteiger partial charge >= 0.3 is 5.97 Å². The van der Waals surface area contributed by atoms with Crippen molar-refractivity contribution < 1.29 is 14.3 Å². The normalized spacial score (nSPS) is 11.6. The van der Waals surface area contributed by atoms with Crippen LogP contribution in [0.25, 0.3) is 6.08 Å². The highest BCUT2D eigenvalue weighted by Crippen LogP contribution is 2.18. The van der Waals surface area contributed by atoms with Gasteiger partial charge in [-0.3, -0.25) is 0 Å². The third kappa shape index (κ3) is 6.98. The summed E-state index contributed by atoms with van der Waals surface area (Å²) < 4.78 is 10.8. The molecule has 20 heavy (non-hydrogen) atoms. The van der Waals surface area contributed by atoms with Gasteiger partial charge in [0.05, 0.1) is 6.61 Å². The lowest BCUT2D eigenvalue weighted by Crippen LogP contribution is -2.22. The van der Waals surface area contributed by atoms with E-state index in [9.17, 15) is 4.79 Å². The summed E-state index contributed by atoms with van der Waals surface area (Å²) in [7, 11) is 0. The summed E-state index contributed by atoms with van der Waals surface area (Å²) in [5.41, 5.74) is 0.735.